The Balaban J connectivity index is 0. The van der Waals surface area contributed by atoms with E-state index < -0.39 is 0 Å². The van der Waals surface area contributed by atoms with Crippen LogP contribution in [0.2, 0.25) is 0 Å². The van der Waals surface area contributed by atoms with Gasteiger partial charge in [0.1, 0.15) is 6.29 Å². The fourth-order valence-electron chi connectivity index (χ4n) is 1.88. The largest absolute Gasteiger partial charge is 0.322 e. The van der Waals surface area contributed by atoms with Gasteiger partial charge in [0.15, 0.2) is 5.62 Å². The first kappa shape index (κ1) is 21.0. The van der Waals surface area contributed by atoms with E-state index in [0.717, 1.165) is 18.3 Å². The predicted octanol–water partition coefficient (Wildman–Crippen LogP) is 3.83. The van der Waals surface area contributed by atoms with E-state index in [4.69, 9.17) is 5.73 Å². The Morgan fingerprint density at radius 3 is 2.00 bits per heavy atom. The van der Waals surface area contributed by atoms with Gasteiger partial charge in [-0.1, -0.05) is 58.7 Å². The summed E-state index contributed by atoms with van der Waals surface area (Å²) in [5.74, 6) is 0.523. The van der Waals surface area contributed by atoms with Crippen LogP contribution in [0.5, 0.6) is 0 Å². The summed E-state index contributed by atoms with van der Waals surface area (Å²) in [6.07, 6.45) is 8.11. The molecule has 4 heteroatoms. The summed E-state index contributed by atoms with van der Waals surface area (Å²) in [4.78, 5) is 20.0. The summed E-state index contributed by atoms with van der Waals surface area (Å²) in [6, 6.07) is -0.255. The molecule has 0 amide bonds. The van der Waals surface area contributed by atoms with Gasteiger partial charge in [-0.25, -0.2) is 0 Å². The van der Waals surface area contributed by atoms with Crippen LogP contribution < -0.4 is 5.73 Å². The van der Waals surface area contributed by atoms with Gasteiger partial charge in [-0.3, -0.25) is 4.79 Å². The third kappa shape index (κ3) is 15.6. The van der Waals surface area contributed by atoms with E-state index in [0.29, 0.717) is 11.2 Å². The van der Waals surface area contributed by atoms with Crippen molar-refractivity contribution in [2.24, 2.45) is 11.7 Å². The number of rotatable bonds is 5. The van der Waals surface area contributed by atoms with Crippen LogP contribution in [0, 0.1) is 5.92 Å². The Labute approximate surface area is 123 Å². The standard InChI is InChI=1S/C7H12OS.C6H13NO.C2H6/c8-6-9-7-4-2-1-3-5-7;1-5(2)3-6(7)4-8;1-2/h6-7H,1-5H2;4-6H,3,7H2,1-2H3;1-2H3. The second-order valence-corrected chi connectivity index (χ2v) is 6.05. The first-order chi connectivity index (χ1) is 9.10. The van der Waals surface area contributed by atoms with Crippen molar-refractivity contribution in [2.75, 3.05) is 0 Å². The summed E-state index contributed by atoms with van der Waals surface area (Å²) in [5.41, 5.74) is 6.29. The van der Waals surface area contributed by atoms with Gasteiger partial charge >= 0.3 is 0 Å². The van der Waals surface area contributed by atoms with Crippen LogP contribution in [-0.2, 0) is 9.59 Å². The van der Waals surface area contributed by atoms with E-state index in [-0.39, 0.29) is 6.04 Å². The molecule has 0 saturated heterocycles. The number of nitrogens with two attached hydrogens (primary N) is 1. The van der Waals surface area contributed by atoms with Crippen LogP contribution in [0.3, 0.4) is 0 Å². The fourth-order valence-corrected chi connectivity index (χ4v) is 2.64. The predicted molar refractivity (Wildman–Crippen MR) is 86.1 cm³/mol. The molecular weight excluding hydrogens is 258 g/mol. The molecule has 0 spiro atoms. The van der Waals surface area contributed by atoms with Gasteiger partial charge in [0.25, 0.3) is 0 Å². The lowest BCUT2D eigenvalue weighted by molar-refractivity contribution is -0.109. The topological polar surface area (TPSA) is 60.2 Å². The first-order valence-electron chi connectivity index (χ1n) is 7.40. The SMILES string of the molecule is CC.CC(C)CC(N)C=O.O=CSC1CCCCC1. The maximum Gasteiger partial charge on any atom is 0.176 e. The van der Waals surface area contributed by atoms with Gasteiger partial charge in [0, 0.05) is 5.25 Å². The maximum absolute atomic E-state index is 10.0. The zero-order valence-corrected chi connectivity index (χ0v) is 13.7. The van der Waals surface area contributed by atoms with Crippen LogP contribution in [-0.4, -0.2) is 23.2 Å². The fraction of sp³-hybridized carbons (Fsp3) is 0.867. The minimum Gasteiger partial charge on any atom is -0.322 e. The number of aldehydes is 1. The molecule has 0 aromatic carbocycles. The smallest absolute Gasteiger partial charge is 0.176 e. The number of thioether (sulfide) groups is 1. The average Bonchev–Trinajstić information content (AvgIpc) is 2.42. The third-order valence-corrected chi connectivity index (χ3v) is 3.69. The molecule has 0 aliphatic heterocycles. The van der Waals surface area contributed by atoms with Gasteiger partial charge in [-0.2, -0.15) is 0 Å². The first-order valence-corrected chi connectivity index (χ1v) is 8.34. The monoisotopic (exact) mass is 289 g/mol. The van der Waals surface area contributed by atoms with Crippen molar-refractivity contribution in [3.63, 3.8) is 0 Å². The molecule has 19 heavy (non-hydrogen) atoms. The molecule has 1 unspecified atom stereocenters. The zero-order valence-electron chi connectivity index (χ0n) is 12.9. The highest BCUT2D eigenvalue weighted by Crippen LogP contribution is 2.26. The Morgan fingerprint density at radius 1 is 1.16 bits per heavy atom. The Hall–Kier alpha value is -0.350. The minimum absolute atomic E-state index is 0.255. The normalized spacial score (nSPS) is 16.5. The molecule has 0 bridgehead atoms. The number of carbonyl (C=O) groups excluding carboxylic acids is 2. The Kier molecular flexibility index (Phi) is 17.3. The highest BCUT2D eigenvalue weighted by molar-refractivity contribution is 8.12. The summed E-state index contributed by atoms with van der Waals surface area (Å²) in [6.45, 7) is 8.09. The van der Waals surface area contributed by atoms with Crippen molar-refractivity contribution >= 4 is 23.7 Å². The zero-order chi connectivity index (χ0) is 15.1. The van der Waals surface area contributed by atoms with E-state index in [2.05, 4.69) is 0 Å². The molecular formula is C15H31NO2S. The summed E-state index contributed by atoms with van der Waals surface area (Å²) >= 11 is 1.47. The van der Waals surface area contributed by atoms with Crippen LogP contribution >= 0.6 is 11.8 Å². The van der Waals surface area contributed by atoms with E-state index in [1.807, 2.05) is 27.7 Å². The highest BCUT2D eigenvalue weighted by Gasteiger charge is 2.12. The number of hydrogen-bond acceptors (Lipinski definition) is 4. The molecule has 1 rings (SSSR count). The second kappa shape index (κ2) is 15.7. The summed E-state index contributed by atoms with van der Waals surface area (Å²) < 4.78 is 0. The van der Waals surface area contributed by atoms with Gasteiger partial charge in [-0.15, -0.1) is 0 Å². The van der Waals surface area contributed by atoms with Crippen LogP contribution in [0.25, 0.3) is 0 Å². The minimum atomic E-state index is -0.255. The van der Waals surface area contributed by atoms with Crippen LogP contribution in [0.4, 0.5) is 0 Å². The lowest BCUT2D eigenvalue weighted by Gasteiger charge is -2.17. The number of hydrogen-bond donors (Lipinski definition) is 1. The van der Waals surface area contributed by atoms with Crippen LogP contribution in [0.1, 0.15) is 66.2 Å². The van der Waals surface area contributed by atoms with Crippen LogP contribution in [0.15, 0.2) is 0 Å². The number of carbonyl (C=O) groups is 2. The molecule has 0 radical (unpaired) electrons. The molecule has 3 nitrogen and oxygen atoms in total. The van der Waals surface area contributed by atoms with E-state index in [1.54, 1.807) is 0 Å². The van der Waals surface area contributed by atoms with Crippen molar-refractivity contribution in [3.8, 4) is 0 Å². The molecule has 1 saturated carbocycles. The Bertz CT molecular complexity index is 204. The highest BCUT2D eigenvalue weighted by atomic mass is 32.2. The van der Waals surface area contributed by atoms with Gasteiger partial charge < -0.3 is 10.5 Å². The lowest BCUT2D eigenvalue weighted by atomic mass is 10.0. The molecule has 1 aliphatic carbocycles. The maximum atomic E-state index is 10.0. The lowest BCUT2D eigenvalue weighted by Crippen LogP contribution is -2.23. The molecule has 1 atom stereocenters. The van der Waals surface area contributed by atoms with Crippen molar-refractivity contribution in [1.82, 2.24) is 0 Å². The Morgan fingerprint density at radius 2 is 1.68 bits per heavy atom. The van der Waals surface area contributed by atoms with Gasteiger partial charge in [0.05, 0.1) is 6.04 Å². The summed E-state index contributed by atoms with van der Waals surface area (Å²) in [7, 11) is 0. The molecule has 0 aromatic heterocycles. The molecule has 114 valence electrons. The molecule has 0 aromatic rings. The van der Waals surface area contributed by atoms with Crippen molar-refractivity contribution in [2.45, 2.75) is 77.5 Å². The van der Waals surface area contributed by atoms with Crippen molar-refractivity contribution < 1.29 is 9.59 Å². The molecule has 1 aliphatic rings. The third-order valence-electron chi connectivity index (χ3n) is 2.72. The van der Waals surface area contributed by atoms with Gasteiger partial charge in [0.2, 0.25) is 0 Å². The van der Waals surface area contributed by atoms with Crippen molar-refractivity contribution in [3.05, 3.63) is 0 Å². The van der Waals surface area contributed by atoms with Gasteiger partial charge in [-0.05, 0) is 25.2 Å². The molecule has 2 N–H and O–H groups in total. The van der Waals surface area contributed by atoms with E-state index in [1.165, 1.54) is 43.9 Å². The molecule has 1 fully saturated rings. The van der Waals surface area contributed by atoms with E-state index in [9.17, 15) is 9.59 Å². The second-order valence-electron chi connectivity index (χ2n) is 4.92. The quantitative estimate of drug-likeness (QED) is 0.781. The average molecular weight is 289 g/mol. The summed E-state index contributed by atoms with van der Waals surface area (Å²) in [5, 5.41) is 0.649. The van der Waals surface area contributed by atoms with E-state index >= 15 is 0 Å². The van der Waals surface area contributed by atoms with Crippen molar-refractivity contribution in [1.29, 1.82) is 0 Å². The molecule has 0 heterocycles.